The largest absolute Gasteiger partial charge is 0.368 e. The fourth-order valence-corrected chi connectivity index (χ4v) is 3.72. The molecule has 0 aromatic heterocycles. The topological polar surface area (TPSA) is 75.4 Å². The molecule has 2 amide bonds. The van der Waals surface area contributed by atoms with Gasteiger partial charge in [-0.1, -0.05) is 36.0 Å². The molecule has 0 fully saturated rings. The monoisotopic (exact) mass is 341 g/mol. The van der Waals surface area contributed by atoms with Crippen molar-refractivity contribution in [2.45, 2.75) is 29.2 Å². The molecular weight excluding hydrogens is 322 g/mol. The second kappa shape index (κ2) is 6.97. The molecule has 0 radical (unpaired) electrons. The SMILES string of the molecule is C[C@H](NC(=O)CCN1c2ccccc2Sc2ccccc21)C(N)=O. The molecule has 2 aromatic carbocycles. The van der Waals surface area contributed by atoms with Crippen LogP contribution < -0.4 is 16.0 Å². The third-order valence-electron chi connectivity index (χ3n) is 3.90. The van der Waals surface area contributed by atoms with E-state index < -0.39 is 11.9 Å². The van der Waals surface area contributed by atoms with Crippen molar-refractivity contribution >= 4 is 35.0 Å². The number of rotatable bonds is 5. The molecule has 1 aliphatic rings. The van der Waals surface area contributed by atoms with Crippen molar-refractivity contribution < 1.29 is 9.59 Å². The first-order chi connectivity index (χ1) is 11.6. The number of hydrogen-bond acceptors (Lipinski definition) is 4. The van der Waals surface area contributed by atoms with Crippen LogP contribution in [0.15, 0.2) is 58.3 Å². The summed E-state index contributed by atoms with van der Waals surface area (Å²) in [6.45, 7) is 2.12. The summed E-state index contributed by atoms with van der Waals surface area (Å²) in [5, 5.41) is 2.62. The van der Waals surface area contributed by atoms with Gasteiger partial charge in [-0.25, -0.2) is 0 Å². The Balaban J connectivity index is 1.78. The summed E-state index contributed by atoms with van der Waals surface area (Å²) < 4.78 is 0. The van der Waals surface area contributed by atoms with Gasteiger partial charge in [0.1, 0.15) is 6.04 Å². The molecule has 3 rings (SSSR count). The average molecular weight is 341 g/mol. The summed E-state index contributed by atoms with van der Waals surface area (Å²) in [6.07, 6.45) is 0.283. The highest BCUT2D eigenvalue weighted by molar-refractivity contribution is 7.99. The Labute approximate surface area is 145 Å². The molecular formula is C18H19N3O2S. The highest BCUT2D eigenvalue weighted by Gasteiger charge is 2.23. The van der Waals surface area contributed by atoms with Gasteiger partial charge in [0.2, 0.25) is 11.8 Å². The number of anilines is 2. The van der Waals surface area contributed by atoms with Gasteiger partial charge >= 0.3 is 0 Å². The first-order valence-electron chi connectivity index (χ1n) is 7.78. The van der Waals surface area contributed by atoms with E-state index in [0.717, 1.165) is 11.4 Å². The lowest BCUT2D eigenvalue weighted by molar-refractivity contribution is -0.126. The van der Waals surface area contributed by atoms with Crippen LogP contribution in [0.25, 0.3) is 0 Å². The van der Waals surface area contributed by atoms with Crippen LogP contribution in [-0.2, 0) is 9.59 Å². The van der Waals surface area contributed by atoms with Gasteiger partial charge in [0.05, 0.1) is 11.4 Å². The van der Waals surface area contributed by atoms with Gasteiger partial charge in [-0.3, -0.25) is 9.59 Å². The minimum atomic E-state index is -0.658. The Bertz CT molecular complexity index is 733. The molecule has 2 aromatic rings. The molecule has 3 N–H and O–H groups in total. The maximum atomic E-state index is 12.1. The molecule has 0 saturated carbocycles. The van der Waals surface area contributed by atoms with Crippen LogP contribution in [0.2, 0.25) is 0 Å². The first-order valence-corrected chi connectivity index (χ1v) is 8.60. The number of para-hydroxylation sites is 2. The summed E-state index contributed by atoms with van der Waals surface area (Å²) in [6, 6.07) is 15.6. The smallest absolute Gasteiger partial charge is 0.239 e. The maximum Gasteiger partial charge on any atom is 0.239 e. The Morgan fingerprint density at radius 1 is 1.08 bits per heavy atom. The van der Waals surface area contributed by atoms with E-state index in [9.17, 15) is 9.59 Å². The van der Waals surface area contributed by atoms with E-state index in [0.29, 0.717) is 6.54 Å². The third-order valence-corrected chi connectivity index (χ3v) is 5.03. The second-order valence-corrected chi connectivity index (χ2v) is 6.71. The normalized spacial score (nSPS) is 13.6. The van der Waals surface area contributed by atoms with Crippen LogP contribution in [-0.4, -0.2) is 24.4 Å². The average Bonchev–Trinajstić information content (AvgIpc) is 2.58. The summed E-state index contributed by atoms with van der Waals surface area (Å²) in [7, 11) is 0. The third kappa shape index (κ3) is 3.38. The maximum absolute atomic E-state index is 12.1. The molecule has 0 bridgehead atoms. The molecule has 124 valence electrons. The lowest BCUT2D eigenvalue weighted by atomic mass is 10.2. The van der Waals surface area contributed by atoms with E-state index in [1.165, 1.54) is 9.79 Å². The van der Waals surface area contributed by atoms with Gasteiger partial charge in [0.15, 0.2) is 0 Å². The zero-order valence-electron chi connectivity index (χ0n) is 13.4. The number of amides is 2. The highest BCUT2D eigenvalue weighted by atomic mass is 32.2. The van der Waals surface area contributed by atoms with Crippen molar-refractivity contribution in [2.24, 2.45) is 5.73 Å². The minimum absolute atomic E-state index is 0.186. The highest BCUT2D eigenvalue weighted by Crippen LogP contribution is 2.47. The van der Waals surface area contributed by atoms with E-state index in [2.05, 4.69) is 34.5 Å². The molecule has 1 atom stereocenters. The fourth-order valence-electron chi connectivity index (χ4n) is 2.62. The quantitative estimate of drug-likeness (QED) is 0.877. The molecule has 0 unspecified atom stereocenters. The lowest BCUT2D eigenvalue weighted by Crippen LogP contribution is -2.43. The Hall–Kier alpha value is -2.47. The molecule has 1 heterocycles. The van der Waals surface area contributed by atoms with Crippen molar-refractivity contribution in [3.63, 3.8) is 0 Å². The number of benzene rings is 2. The van der Waals surface area contributed by atoms with Crippen molar-refractivity contribution in [3.05, 3.63) is 48.5 Å². The number of hydrogen-bond donors (Lipinski definition) is 2. The first kappa shape index (κ1) is 16.4. The molecule has 0 spiro atoms. The van der Waals surface area contributed by atoms with Crippen molar-refractivity contribution in [3.8, 4) is 0 Å². The summed E-state index contributed by atoms with van der Waals surface area (Å²) >= 11 is 1.73. The molecule has 1 aliphatic heterocycles. The molecule has 5 nitrogen and oxygen atoms in total. The summed E-state index contributed by atoms with van der Waals surface area (Å²) in [5.41, 5.74) is 7.37. The van der Waals surface area contributed by atoms with Gasteiger partial charge in [0, 0.05) is 22.8 Å². The van der Waals surface area contributed by atoms with Crippen LogP contribution in [0.4, 0.5) is 11.4 Å². The second-order valence-electron chi connectivity index (χ2n) is 5.63. The summed E-state index contributed by atoms with van der Waals surface area (Å²) in [4.78, 5) is 27.6. The number of nitrogens with one attached hydrogen (secondary N) is 1. The van der Waals surface area contributed by atoms with E-state index in [1.54, 1.807) is 18.7 Å². The Morgan fingerprint density at radius 3 is 2.17 bits per heavy atom. The minimum Gasteiger partial charge on any atom is -0.368 e. The predicted octanol–water partition coefficient (Wildman–Crippen LogP) is 2.67. The fraction of sp³-hybridized carbons (Fsp3) is 0.222. The van der Waals surface area contributed by atoms with Crippen molar-refractivity contribution in [1.29, 1.82) is 0 Å². The van der Waals surface area contributed by atoms with Crippen LogP contribution in [0, 0.1) is 0 Å². The number of fused-ring (bicyclic) bond motifs is 2. The summed E-state index contributed by atoms with van der Waals surface area (Å²) in [5.74, 6) is -0.720. The molecule has 0 aliphatic carbocycles. The van der Waals surface area contributed by atoms with Gasteiger partial charge in [-0.2, -0.15) is 0 Å². The number of carbonyl (C=O) groups is 2. The van der Waals surface area contributed by atoms with Crippen LogP contribution >= 0.6 is 11.8 Å². The van der Waals surface area contributed by atoms with Crippen molar-refractivity contribution in [1.82, 2.24) is 5.32 Å². The standard InChI is InChI=1S/C18H19N3O2S/c1-12(18(19)23)20-17(22)10-11-21-13-6-2-4-8-15(13)24-16-9-5-3-7-14(16)21/h2-9,12H,10-11H2,1H3,(H2,19,23)(H,20,22)/t12-/m0/s1. The van der Waals surface area contributed by atoms with Crippen molar-refractivity contribution in [2.75, 3.05) is 11.4 Å². The van der Waals surface area contributed by atoms with Gasteiger partial charge in [-0.15, -0.1) is 0 Å². The van der Waals surface area contributed by atoms with E-state index >= 15 is 0 Å². The van der Waals surface area contributed by atoms with E-state index in [-0.39, 0.29) is 12.3 Å². The number of primary amides is 1. The van der Waals surface area contributed by atoms with Gasteiger partial charge in [0.25, 0.3) is 0 Å². The number of nitrogens with two attached hydrogens (primary N) is 1. The van der Waals surface area contributed by atoms with Crippen LogP contribution in [0.3, 0.4) is 0 Å². The molecule has 24 heavy (non-hydrogen) atoms. The van der Waals surface area contributed by atoms with Gasteiger partial charge in [-0.05, 0) is 31.2 Å². The van der Waals surface area contributed by atoms with E-state index in [1.807, 2.05) is 24.3 Å². The van der Waals surface area contributed by atoms with E-state index in [4.69, 9.17) is 5.73 Å². The predicted molar refractivity (Wildman–Crippen MR) is 95.4 cm³/mol. The Morgan fingerprint density at radius 2 is 1.62 bits per heavy atom. The number of carbonyl (C=O) groups excluding carboxylic acids is 2. The lowest BCUT2D eigenvalue weighted by Gasteiger charge is -2.32. The molecule has 0 saturated heterocycles. The molecule has 6 heteroatoms. The number of nitrogens with zero attached hydrogens (tertiary/aromatic N) is 1. The van der Waals surface area contributed by atoms with Crippen LogP contribution in [0.5, 0.6) is 0 Å². The van der Waals surface area contributed by atoms with Gasteiger partial charge < -0.3 is 16.0 Å². The van der Waals surface area contributed by atoms with Crippen LogP contribution in [0.1, 0.15) is 13.3 Å². The zero-order chi connectivity index (χ0) is 17.1. The zero-order valence-corrected chi connectivity index (χ0v) is 14.2. The Kier molecular flexibility index (Phi) is 4.76.